The zero-order chi connectivity index (χ0) is 14.0. The summed E-state index contributed by atoms with van der Waals surface area (Å²) in [7, 11) is 3.26. The molecule has 19 heavy (non-hydrogen) atoms. The van der Waals surface area contributed by atoms with Crippen molar-refractivity contribution in [3.63, 3.8) is 0 Å². The fourth-order valence-electron chi connectivity index (χ4n) is 1.93. The molecule has 1 aromatic heterocycles. The molecule has 0 aliphatic carbocycles. The van der Waals surface area contributed by atoms with Crippen LogP contribution >= 0.6 is 0 Å². The summed E-state index contributed by atoms with van der Waals surface area (Å²) in [5.41, 5.74) is 3.22. The largest absolute Gasteiger partial charge is 0.496 e. The van der Waals surface area contributed by atoms with Crippen LogP contribution < -0.4 is 9.47 Å². The Bertz CT molecular complexity index is 568. The Balaban J connectivity index is 2.53. The van der Waals surface area contributed by atoms with Crippen molar-refractivity contribution in [2.24, 2.45) is 0 Å². The number of methoxy groups -OCH3 is 2. The molecule has 0 bridgehead atoms. The Morgan fingerprint density at radius 3 is 2.37 bits per heavy atom. The molecule has 0 aliphatic rings. The third-order valence-electron chi connectivity index (χ3n) is 3.10. The molecule has 4 heteroatoms. The number of rotatable bonds is 3. The first-order valence-corrected chi connectivity index (χ1v) is 6.23. The van der Waals surface area contributed by atoms with Gasteiger partial charge in [-0.2, -0.15) is 0 Å². The van der Waals surface area contributed by atoms with Crippen molar-refractivity contribution in [2.75, 3.05) is 14.2 Å². The van der Waals surface area contributed by atoms with Gasteiger partial charge in [-0.25, -0.2) is 4.98 Å². The molecule has 0 atom stereocenters. The summed E-state index contributed by atoms with van der Waals surface area (Å²) in [6.07, 6.45) is 1.75. The first-order valence-electron chi connectivity index (χ1n) is 6.23. The third kappa shape index (κ3) is 2.72. The Hall–Kier alpha value is -1.97. The summed E-state index contributed by atoms with van der Waals surface area (Å²) in [4.78, 5) is 7.26. The van der Waals surface area contributed by atoms with Gasteiger partial charge in [0, 0.05) is 5.56 Å². The van der Waals surface area contributed by atoms with Crippen molar-refractivity contribution in [2.45, 2.75) is 26.2 Å². The number of imidazole rings is 1. The lowest BCUT2D eigenvalue weighted by atomic mass is 9.86. The molecule has 0 unspecified atom stereocenters. The fraction of sp³-hybridized carbons (Fsp3) is 0.400. The number of hydrogen-bond acceptors (Lipinski definition) is 3. The van der Waals surface area contributed by atoms with Gasteiger partial charge >= 0.3 is 0 Å². The maximum Gasteiger partial charge on any atom is 0.293 e. The van der Waals surface area contributed by atoms with E-state index in [1.54, 1.807) is 20.4 Å². The van der Waals surface area contributed by atoms with Crippen LogP contribution in [-0.2, 0) is 5.41 Å². The second-order valence-corrected chi connectivity index (χ2v) is 5.47. The molecule has 0 saturated heterocycles. The fourth-order valence-corrected chi connectivity index (χ4v) is 1.93. The highest BCUT2D eigenvalue weighted by Crippen LogP contribution is 2.34. The van der Waals surface area contributed by atoms with Crippen molar-refractivity contribution in [1.29, 1.82) is 0 Å². The van der Waals surface area contributed by atoms with Gasteiger partial charge in [-0.15, -0.1) is 0 Å². The summed E-state index contributed by atoms with van der Waals surface area (Å²) in [6, 6.07) is 6.71. The molecule has 102 valence electrons. The van der Waals surface area contributed by atoms with E-state index in [1.807, 2.05) is 6.07 Å². The Kier molecular flexibility index (Phi) is 3.51. The summed E-state index contributed by atoms with van der Waals surface area (Å²) in [5, 5.41) is 0. The van der Waals surface area contributed by atoms with E-state index in [4.69, 9.17) is 9.47 Å². The molecule has 1 N–H and O–H groups in total. The lowest BCUT2D eigenvalue weighted by molar-refractivity contribution is 0.384. The van der Waals surface area contributed by atoms with E-state index in [9.17, 15) is 0 Å². The molecule has 2 aromatic rings. The second kappa shape index (κ2) is 4.96. The van der Waals surface area contributed by atoms with Crippen LogP contribution in [0.25, 0.3) is 11.3 Å². The summed E-state index contributed by atoms with van der Waals surface area (Å²) >= 11 is 0. The van der Waals surface area contributed by atoms with Crippen LogP contribution in [0, 0.1) is 0 Å². The molecule has 0 aliphatic heterocycles. The molecule has 0 fully saturated rings. The van der Waals surface area contributed by atoms with Crippen LogP contribution in [0.3, 0.4) is 0 Å². The molecule has 1 aromatic carbocycles. The number of benzene rings is 1. The van der Waals surface area contributed by atoms with Gasteiger partial charge in [0.25, 0.3) is 6.01 Å². The Morgan fingerprint density at radius 2 is 1.84 bits per heavy atom. The summed E-state index contributed by atoms with van der Waals surface area (Å²) < 4.78 is 10.5. The molecule has 2 rings (SSSR count). The monoisotopic (exact) mass is 260 g/mol. The number of aromatic nitrogens is 2. The lowest BCUT2D eigenvalue weighted by Gasteiger charge is -2.20. The Morgan fingerprint density at radius 1 is 1.11 bits per heavy atom. The molecule has 0 spiro atoms. The van der Waals surface area contributed by atoms with Gasteiger partial charge in [0.05, 0.1) is 26.1 Å². The maximum atomic E-state index is 5.42. The molecular formula is C15H20N2O2. The Labute approximate surface area is 113 Å². The minimum atomic E-state index is 0.0884. The molecule has 0 saturated carbocycles. The van der Waals surface area contributed by atoms with Crippen LogP contribution in [0.2, 0.25) is 0 Å². The molecule has 1 heterocycles. The molecular weight excluding hydrogens is 240 g/mol. The van der Waals surface area contributed by atoms with E-state index in [0.29, 0.717) is 6.01 Å². The lowest BCUT2D eigenvalue weighted by Crippen LogP contribution is -2.11. The number of nitrogens with zero attached hydrogens (tertiary/aromatic N) is 1. The van der Waals surface area contributed by atoms with E-state index in [2.05, 4.69) is 42.9 Å². The first-order chi connectivity index (χ1) is 8.95. The highest BCUT2D eigenvalue weighted by Gasteiger charge is 2.17. The van der Waals surface area contributed by atoms with E-state index >= 15 is 0 Å². The smallest absolute Gasteiger partial charge is 0.293 e. The summed E-state index contributed by atoms with van der Waals surface area (Å²) in [5.74, 6) is 0.819. The van der Waals surface area contributed by atoms with Crippen LogP contribution in [0.15, 0.2) is 24.4 Å². The highest BCUT2D eigenvalue weighted by atomic mass is 16.5. The highest BCUT2D eigenvalue weighted by molar-refractivity contribution is 5.68. The van der Waals surface area contributed by atoms with Crippen molar-refractivity contribution >= 4 is 0 Å². The predicted molar refractivity (Wildman–Crippen MR) is 75.8 cm³/mol. The van der Waals surface area contributed by atoms with Crippen molar-refractivity contribution < 1.29 is 9.47 Å². The van der Waals surface area contributed by atoms with Crippen molar-refractivity contribution in [3.05, 3.63) is 30.0 Å². The van der Waals surface area contributed by atoms with Gasteiger partial charge in [-0.05, 0) is 23.1 Å². The average Bonchev–Trinajstić information content (AvgIpc) is 2.85. The number of H-pyrrole nitrogens is 1. The van der Waals surface area contributed by atoms with Gasteiger partial charge in [0.2, 0.25) is 0 Å². The van der Waals surface area contributed by atoms with Crippen molar-refractivity contribution in [3.8, 4) is 23.0 Å². The number of ether oxygens (including phenoxy) is 2. The van der Waals surface area contributed by atoms with Gasteiger partial charge in [0.1, 0.15) is 5.75 Å². The van der Waals surface area contributed by atoms with E-state index in [1.165, 1.54) is 5.56 Å². The van der Waals surface area contributed by atoms with E-state index in [0.717, 1.165) is 17.0 Å². The minimum Gasteiger partial charge on any atom is -0.496 e. The molecule has 4 nitrogen and oxygen atoms in total. The zero-order valence-corrected chi connectivity index (χ0v) is 12.1. The van der Waals surface area contributed by atoms with Gasteiger partial charge in [-0.3, -0.25) is 0 Å². The number of nitrogens with one attached hydrogen (secondary N) is 1. The van der Waals surface area contributed by atoms with Crippen LogP contribution in [0.1, 0.15) is 26.3 Å². The molecule has 0 amide bonds. The quantitative estimate of drug-likeness (QED) is 0.920. The van der Waals surface area contributed by atoms with E-state index in [-0.39, 0.29) is 5.41 Å². The maximum absolute atomic E-state index is 5.42. The van der Waals surface area contributed by atoms with Gasteiger partial charge < -0.3 is 14.5 Å². The van der Waals surface area contributed by atoms with Crippen LogP contribution in [-0.4, -0.2) is 24.2 Å². The topological polar surface area (TPSA) is 47.1 Å². The number of aromatic amines is 1. The minimum absolute atomic E-state index is 0.0884. The average molecular weight is 260 g/mol. The molecule has 0 radical (unpaired) electrons. The standard InChI is InChI=1S/C15H20N2O2/c1-15(2,3)10-6-7-13(18-4)11(8-10)12-9-16-14(17-12)19-5/h6-9H,1-5H3,(H,16,17). The van der Waals surface area contributed by atoms with Crippen LogP contribution in [0.5, 0.6) is 11.8 Å². The van der Waals surface area contributed by atoms with Crippen molar-refractivity contribution in [1.82, 2.24) is 9.97 Å². The first kappa shape index (κ1) is 13.5. The zero-order valence-electron chi connectivity index (χ0n) is 12.1. The predicted octanol–water partition coefficient (Wildman–Crippen LogP) is 3.39. The van der Waals surface area contributed by atoms with Gasteiger partial charge in [0.15, 0.2) is 0 Å². The number of hydrogen-bond donors (Lipinski definition) is 1. The third-order valence-corrected chi connectivity index (χ3v) is 3.10. The summed E-state index contributed by atoms with van der Waals surface area (Å²) in [6.45, 7) is 6.56. The second-order valence-electron chi connectivity index (χ2n) is 5.47. The normalized spacial score (nSPS) is 11.4. The SMILES string of the molecule is COc1ncc(-c2cc(C(C)(C)C)ccc2OC)[nH]1. The van der Waals surface area contributed by atoms with Crippen LogP contribution in [0.4, 0.5) is 0 Å². The van der Waals surface area contributed by atoms with Gasteiger partial charge in [-0.1, -0.05) is 26.8 Å². The van der Waals surface area contributed by atoms with E-state index < -0.39 is 0 Å².